The van der Waals surface area contributed by atoms with E-state index in [1.807, 2.05) is 6.92 Å². The average molecular weight is 290 g/mol. The molecule has 0 aromatic carbocycles. The number of rotatable bonds is 3. The summed E-state index contributed by atoms with van der Waals surface area (Å²) in [5, 5.41) is 4.00. The third-order valence-electron chi connectivity index (χ3n) is 3.68. The third-order valence-corrected chi connectivity index (χ3v) is 5.02. The fourth-order valence-corrected chi connectivity index (χ4v) is 3.67. The van der Waals surface area contributed by atoms with Gasteiger partial charge in [0.15, 0.2) is 0 Å². The van der Waals surface area contributed by atoms with E-state index < -0.39 is 0 Å². The first-order valence-corrected chi connectivity index (χ1v) is 7.80. The van der Waals surface area contributed by atoms with Crippen LogP contribution in [-0.4, -0.2) is 10.9 Å². The van der Waals surface area contributed by atoms with E-state index in [2.05, 4.69) is 10.3 Å². The highest BCUT2D eigenvalue weighted by atomic mass is 32.1. The van der Waals surface area contributed by atoms with E-state index in [0.717, 1.165) is 17.8 Å². The van der Waals surface area contributed by atoms with Gasteiger partial charge in [-0.05, 0) is 45.6 Å². The third kappa shape index (κ3) is 2.50. The molecule has 0 radical (unpaired) electrons. The van der Waals surface area contributed by atoms with Gasteiger partial charge in [-0.25, -0.2) is 4.98 Å². The molecule has 2 aromatic rings. The van der Waals surface area contributed by atoms with Crippen LogP contribution in [0.25, 0.3) is 0 Å². The number of nitrogens with one attached hydrogen (secondary N) is 1. The zero-order valence-electron chi connectivity index (χ0n) is 11.7. The predicted molar refractivity (Wildman–Crippen MR) is 78.1 cm³/mol. The molecule has 0 fully saturated rings. The van der Waals surface area contributed by atoms with Crippen LogP contribution in [0.15, 0.2) is 16.7 Å². The van der Waals surface area contributed by atoms with Crippen LogP contribution in [-0.2, 0) is 12.8 Å². The predicted octanol–water partition coefficient (Wildman–Crippen LogP) is 3.41. The zero-order chi connectivity index (χ0) is 14.1. The molecule has 3 rings (SSSR count). The molecule has 1 aliphatic carbocycles. The Morgan fingerprint density at radius 1 is 1.45 bits per heavy atom. The summed E-state index contributed by atoms with van der Waals surface area (Å²) >= 11 is 1.74. The van der Waals surface area contributed by atoms with Crippen molar-refractivity contribution in [1.82, 2.24) is 10.3 Å². The lowest BCUT2D eigenvalue weighted by atomic mass is 10.0. The monoisotopic (exact) mass is 290 g/mol. The first kappa shape index (κ1) is 13.4. The maximum absolute atomic E-state index is 12.2. The number of amides is 1. The number of carbonyl (C=O) groups is 1. The highest BCUT2D eigenvalue weighted by Gasteiger charge is 2.21. The number of hydrogen-bond acceptors (Lipinski definition) is 4. The summed E-state index contributed by atoms with van der Waals surface area (Å²) in [6.07, 6.45) is 6.23. The highest BCUT2D eigenvalue weighted by molar-refractivity contribution is 7.11. The summed E-state index contributed by atoms with van der Waals surface area (Å²) in [5.41, 5.74) is 1.83. The van der Waals surface area contributed by atoms with E-state index in [-0.39, 0.29) is 11.9 Å². The largest absolute Gasteiger partial charge is 0.469 e. The molecule has 4 nitrogen and oxygen atoms in total. The van der Waals surface area contributed by atoms with Crippen LogP contribution in [0.3, 0.4) is 0 Å². The van der Waals surface area contributed by atoms with Crippen LogP contribution in [0.4, 0.5) is 0 Å². The summed E-state index contributed by atoms with van der Waals surface area (Å²) in [5.74, 6) is 0.546. The van der Waals surface area contributed by atoms with Crippen molar-refractivity contribution in [2.45, 2.75) is 45.6 Å². The number of hydrogen-bond donors (Lipinski definition) is 1. The van der Waals surface area contributed by atoms with Crippen LogP contribution in [0.2, 0.25) is 0 Å². The molecule has 0 bridgehead atoms. The van der Waals surface area contributed by atoms with Crippen LogP contribution in [0, 0.1) is 6.92 Å². The van der Waals surface area contributed by atoms with Gasteiger partial charge in [0.25, 0.3) is 5.91 Å². The van der Waals surface area contributed by atoms with Gasteiger partial charge in [-0.3, -0.25) is 4.79 Å². The Labute approximate surface area is 122 Å². The van der Waals surface area contributed by atoms with Crippen LogP contribution < -0.4 is 5.32 Å². The van der Waals surface area contributed by atoms with Gasteiger partial charge in [0, 0.05) is 4.88 Å². The van der Waals surface area contributed by atoms with Crippen LogP contribution in [0.5, 0.6) is 0 Å². The second-order valence-electron chi connectivity index (χ2n) is 5.21. The lowest BCUT2D eigenvalue weighted by Gasteiger charge is -2.10. The summed E-state index contributed by atoms with van der Waals surface area (Å²) in [6.45, 7) is 3.78. The lowest BCUT2D eigenvalue weighted by Crippen LogP contribution is -2.26. The molecule has 1 aliphatic rings. The average Bonchev–Trinajstić information content (AvgIpc) is 3.04. The minimum absolute atomic E-state index is 0.0626. The van der Waals surface area contributed by atoms with Crippen molar-refractivity contribution in [1.29, 1.82) is 0 Å². The van der Waals surface area contributed by atoms with Crippen molar-refractivity contribution < 1.29 is 9.21 Å². The number of carbonyl (C=O) groups excluding carboxylic acids is 1. The highest BCUT2D eigenvalue weighted by Crippen LogP contribution is 2.29. The Kier molecular flexibility index (Phi) is 3.61. The van der Waals surface area contributed by atoms with Gasteiger partial charge in [-0.1, -0.05) is 0 Å². The summed E-state index contributed by atoms with van der Waals surface area (Å²) < 4.78 is 5.17. The molecule has 1 amide bonds. The van der Waals surface area contributed by atoms with E-state index in [1.165, 1.54) is 29.7 Å². The zero-order valence-corrected chi connectivity index (χ0v) is 12.5. The van der Waals surface area contributed by atoms with Crippen molar-refractivity contribution in [3.05, 3.63) is 39.2 Å². The van der Waals surface area contributed by atoms with E-state index in [9.17, 15) is 4.79 Å². The van der Waals surface area contributed by atoms with E-state index in [1.54, 1.807) is 24.3 Å². The van der Waals surface area contributed by atoms with Crippen molar-refractivity contribution in [3.63, 3.8) is 0 Å². The van der Waals surface area contributed by atoms with Gasteiger partial charge >= 0.3 is 0 Å². The number of nitrogens with zero attached hydrogens (tertiary/aromatic N) is 1. The second-order valence-corrected chi connectivity index (χ2v) is 6.33. The molecule has 106 valence electrons. The topological polar surface area (TPSA) is 55.1 Å². The van der Waals surface area contributed by atoms with E-state index in [0.29, 0.717) is 11.3 Å². The minimum Gasteiger partial charge on any atom is -0.469 e. The maximum atomic E-state index is 12.2. The van der Waals surface area contributed by atoms with Gasteiger partial charge in [0.05, 0.1) is 23.6 Å². The summed E-state index contributed by atoms with van der Waals surface area (Å²) in [7, 11) is 0. The maximum Gasteiger partial charge on any atom is 0.255 e. The standard InChI is InChI=1S/C15H18N2O2S/c1-9(16-14(18)11-7-8-19-10(11)2)15-17-12-5-3-4-6-13(12)20-15/h7-9H,3-6H2,1-2H3,(H,16,18)/t9-/m0/s1. The number of fused-ring (bicyclic) bond motifs is 1. The van der Waals surface area contributed by atoms with Gasteiger partial charge < -0.3 is 9.73 Å². The molecule has 0 spiro atoms. The van der Waals surface area contributed by atoms with Crippen molar-refractivity contribution >= 4 is 17.2 Å². The number of aryl methyl sites for hydroxylation is 3. The van der Waals surface area contributed by atoms with Crippen molar-refractivity contribution in [2.24, 2.45) is 0 Å². The fourth-order valence-electron chi connectivity index (χ4n) is 2.51. The Balaban J connectivity index is 1.73. The molecule has 20 heavy (non-hydrogen) atoms. The first-order valence-electron chi connectivity index (χ1n) is 6.98. The molecule has 0 saturated carbocycles. The van der Waals surface area contributed by atoms with Gasteiger partial charge in [-0.2, -0.15) is 0 Å². The molecule has 2 heterocycles. The first-order chi connectivity index (χ1) is 9.65. The summed E-state index contributed by atoms with van der Waals surface area (Å²) in [6, 6.07) is 1.64. The van der Waals surface area contributed by atoms with E-state index in [4.69, 9.17) is 4.42 Å². The van der Waals surface area contributed by atoms with Gasteiger partial charge in [0.1, 0.15) is 10.8 Å². The number of thiazole rings is 1. The molecular formula is C15H18N2O2S. The molecule has 0 unspecified atom stereocenters. The molecule has 1 N–H and O–H groups in total. The lowest BCUT2D eigenvalue weighted by molar-refractivity contribution is 0.0938. The molecule has 0 aliphatic heterocycles. The SMILES string of the molecule is Cc1occc1C(=O)N[C@@H](C)c1nc2c(s1)CCCC2. The smallest absolute Gasteiger partial charge is 0.255 e. The Morgan fingerprint density at radius 2 is 2.25 bits per heavy atom. The van der Waals surface area contributed by atoms with Gasteiger partial charge in [-0.15, -0.1) is 11.3 Å². The van der Waals surface area contributed by atoms with Crippen molar-refractivity contribution in [3.8, 4) is 0 Å². The van der Waals surface area contributed by atoms with Crippen LogP contribution in [0.1, 0.15) is 57.5 Å². The minimum atomic E-state index is -0.100. The Hall–Kier alpha value is -1.62. The Bertz CT molecular complexity index is 606. The second kappa shape index (κ2) is 5.40. The van der Waals surface area contributed by atoms with Crippen molar-refractivity contribution in [2.75, 3.05) is 0 Å². The molecule has 1 atom stereocenters. The van der Waals surface area contributed by atoms with Gasteiger partial charge in [0.2, 0.25) is 0 Å². The normalized spacial score (nSPS) is 15.7. The number of furan rings is 1. The molecular weight excluding hydrogens is 272 g/mol. The Morgan fingerprint density at radius 3 is 2.95 bits per heavy atom. The number of aromatic nitrogens is 1. The molecule has 0 saturated heterocycles. The fraction of sp³-hybridized carbons (Fsp3) is 0.467. The summed E-state index contributed by atoms with van der Waals surface area (Å²) in [4.78, 5) is 18.2. The van der Waals surface area contributed by atoms with E-state index >= 15 is 0 Å². The van der Waals surface area contributed by atoms with Crippen LogP contribution >= 0.6 is 11.3 Å². The quantitative estimate of drug-likeness (QED) is 0.942. The molecule has 2 aromatic heterocycles. The molecule has 5 heteroatoms.